The fourth-order valence-corrected chi connectivity index (χ4v) is 7.06. The second-order valence-corrected chi connectivity index (χ2v) is 11.8. The average Bonchev–Trinajstić information content (AvgIpc) is 3.02. The smallest absolute Gasteiger partial charge is 0.212 e. The van der Waals surface area contributed by atoms with Crippen molar-refractivity contribution in [1.82, 2.24) is 10.2 Å². The summed E-state index contributed by atoms with van der Waals surface area (Å²) in [4.78, 5) is 2.35. The van der Waals surface area contributed by atoms with Gasteiger partial charge in [-0.25, -0.2) is 0 Å². The molecule has 43 heavy (non-hydrogen) atoms. The van der Waals surface area contributed by atoms with Crippen LogP contribution in [0.5, 0.6) is 51.7 Å². The van der Waals surface area contributed by atoms with Crippen molar-refractivity contribution in [2.45, 2.75) is 37.8 Å². The number of ether oxygens (including phenoxy) is 5. The summed E-state index contributed by atoms with van der Waals surface area (Å²) in [5, 5.41) is 14.4. The predicted molar refractivity (Wildman–Crippen MR) is 162 cm³/mol. The van der Waals surface area contributed by atoms with E-state index < -0.39 is 0 Å². The summed E-state index contributed by atoms with van der Waals surface area (Å²) < 4.78 is 31.9. The van der Waals surface area contributed by atoms with Crippen LogP contribution in [0.15, 0.2) is 54.6 Å². The van der Waals surface area contributed by atoms with Gasteiger partial charge < -0.3 is 34.1 Å². The molecule has 4 aromatic rings. The van der Waals surface area contributed by atoms with Gasteiger partial charge in [0, 0.05) is 29.8 Å². The molecule has 6 heterocycles. The van der Waals surface area contributed by atoms with Crippen molar-refractivity contribution in [1.29, 1.82) is 0 Å². The Morgan fingerprint density at radius 2 is 1.44 bits per heavy atom. The maximum Gasteiger partial charge on any atom is 0.212 e. The van der Waals surface area contributed by atoms with Crippen LogP contribution >= 0.6 is 0 Å². The van der Waals surface area contributed by atoms with E-state index in [2.05, 4.69) is 41.5 Å². The van der Waals surface area contributed by atoms with E-state index in [9.17, 15) is 5.11 Å². The molecule has 0 aromatic heterocycles. The van der Waals surface area contributed by atoms with E-state index in [1.165, 1.54) is 11.1 Å². The van der Waals surface area contributed by atoms with E-state index in [-0.39, 0.29) is 17.8 Å². The van der Waals surface area contributed by atoms with Crippen LogP contribution in [0.25, 0.3) is 0 Å². The molecule has 2 atom stereocenters. The van der Waals surface area contributed by atoms with E-state index in [4.69, 9.17) is 23.7 Å². The quantitative estimate of drug-likeness (QED) is 0.242. The molecule has 0 saturated heterocycles. The monoisotopic (exact) mass is 578 g/mol. The Balaban J connectivity index is 1.38. The van der Waals surface area contributed by atoms with Crippen LogP contribution in [0.4, 0.5) is 0 Å². The molecule has 10 bridgehead atoms. The zero-order chi connectivity index (χ0) is 29.2. The largest absolute Gasteiger partial charge is 0.504 e. The van der Waals surface area contributed by atoms with Gasteiger partial charge in [-0.05, 0) is 97.9 Å². The van der Waals surface area contributed by atoms with Gasteiger partial charge in [-0.2, -0.15) is 0 Å². The second-order valence-electron chi connectivity index (χ2n) is 11.8. The maximum absolute atomic E-state index is 10.7. The van der Waals surface area contributed by atoms with Gasteiger partial charge in [0.1, 0.15) is 5.75 Å². The van der Waals surface area contributed by atoms with Gasteiger partial charge in [0.25, 0.3) is 0 Å². The van der Waals surface area contributed by atoms with E-state index in [1.54, 1.807) is 20.3 Å². The molecule has 0 amide bonds. The van der Waals surface area contributed by atoms with E-state index in [0.29, 0.717) is 52.4 Å². The molecule has 1 unspecified atom stereocenters. The van der Waals surface area contributed by atoms with Crippen molar-refractivity contribution >= 4 is 0 Å². The Labute approximate surface area is 250 Å². The Kier molecular flexibility index (Phi) is 6.17. The van der Waals surface area contributed by atoms with Crippen molar-refractivity contribution in [2.75, 3.05) is 34.4 Å². The number of methoxy groups -OCH3 is 2. The van der Waals surface area contributed by atoms with Crippen LogP contribution in [0, 0.1) is 0 Å². The maximum atomic E-state index is 10.7. The summed E-state index contributed by atoms with van der Waals surface area (Å²) in [6.45, 7) is 1.73. The minimum absolute atomic E-state index is 0.00226. The van der Waals surface area contributed by atoms with Crippen molar-refractivity contribution < 1.29 is 28.8 Å². The van der Waals surface area contributed by atoms with Crippen LogP contribution in [-0.2, 0) is 25.7 Å². The highest BCUT2D eigenvalue weighted by Crippen LogP contribution is 2.60. The third-order valence-corrected chi connectivity index (χ3v) is 9.28. The lowest BCUT2D eigenvalue weighted by molar-refractivity contribution is 0.218. The van der Waals surface area contributed by atoms with Gasteiger partial charge in [-0.3, -0.25) is 4.90 Å². The standard InChI is InChI=1S/C35H34N2O6/c1-37-13-11-22-18-29(40-3)33-35-31(22)25(37)15-20-6-9-26(38)27(16-20)41-23-7-4-19(5-8-23)14-24-30-21(10-12-36-24)17-28(39-2)32(43-35)34(30)42-33/h4-9,16-18,24-25,36,38H,10-15H2,1-3H3/t24?,25-/m0/s1. The lowest BCUT2D eigenvalue weighted by Crippen LogP contribution is -2.34. The first-order valence-electron chi connectivity index (χ1n) is 14.9. The lowest BCUT2D eigenvalue weighted by Gasteiger charge is -2.39. The molecular formula is C35H34N2O6. The van der Waals surface area contributed by atoms with Gasteiger partial charge in [-0.1, -0.05) is 18.2 Å². The summed E-state index contributed by atoms with van der Waals surface area (Å²) in [6, 6.07) is 17.9. The zero-order valence-corrected chi connectivity index (χ0v) is 24.5. The van der Waals surface area contributed by atoms with Crippen molar-refractivity contribution in [3.05, 3.63) is 88.0 Å². The van der Waals surface area contributed by atoms with Crippen molar-refractivity contribution in [3.63, 3.8) is 0 Å². The SMILES string of the molecule is COc1cc2c3c4c1Oc1c(c(OC)cc5c1[C@H](Cc1ccc(O)c(c1)Oc1ccc(cc1)CC3NCC2)N(C)CC5)O4. The molecule has 0 spiro atoms. The van der Waals surface area contributed by atoms with Crippen LogP contribution in [0.2, 0.25) is 0 Å². The molecular weight excluding hydrogens is 544 g/mol. The number of likely N-dealkylation sites (N-methyl/N-ethyl adjacent to an activating group) is 1. The van der Waals surface area contributed by atoms with Crippen LogP contribution in [-0.4, -0.2) is 44.4 Å². The summed E-state index contributed by atoms with van der Waals surface area (Å²) in [7, 11) is 5.50. The number of rotatable bonds is 2. The van der Waals surface area contributed by atoms with E-state index in [0.717, 1.165) is 54.6 Å². The third-order valence-electron chi connectivity index (χ3n) is 9.28. The highest BCUT2D eigenvalue weighted by Gasteiger charge is 2.39. The number of benzene rings is 4. The highest BCUT2D eigenvalue weighted by atomic mass is 16.6. The molecule has 8 heteroatoms. The van der Waals surface area contributed by atoms with Gasteiger partial charge in [-0.15, -0.1) is 0 Å². The Bertz CT molecular complexity index is 1750. The predicted octanol–water partition coefficient (Wildman–Crippen LogP) is 6.61. The number of hydrogen-bond acceptors (Lipinski definition) is 8. The molecule has 6 aliphatic heterocycles. The normalized spacial score (nSPS) is 19.9. The summed E-state index contributed by atoms with van der Waals surface area (Å²) in [6.07, 6.45) is 3.14. The highest BCUT2D eigenvalue weighted by molar-refractivity contribution is 5.71. The topological polar surface area (TPSA) is 81.7 Å². The molecule has 4 aromatic carbocycles. The average molecular weight is 579 g/mol. The van der Waals surface area contributed by atoms with Gasteiger partial charge in [0.15, 0.2) is 34.5 Å². The first kappa shape index (κ1) is 26.2. The minimum Gasteiger partial charge on any atom is -0.504 e. The van der Waals surface area contributed by atoms with Gasteiger partial charge in [0.2, 0.25) is 11.5 Å². The summed E-state index contributed by atoms with van der Waals surface area (Å²) in [5.41, 5.74) is 6.71. The number of aromatic hydroxyl groups is 1. The fourth-order valence-electron chi connectivity index (χ4n) is 7.06. The Morgan fingerprint density at radius 1 is 0.767 bits per heavy atom. The molecule has 0 saturated carbocycles. The number of nitrogens with one attached hydrogen (secondary N) is 1. The molecule has 10 rings (SSSR count). The third kappa shape index (κ3) is 4.27. The second kappa shape index (κ2) is 10.1. The lowest BCUT2D eigenvalue weighted by atomic mass is 9.86. The zero-order valence-electron chi connectivity index (χ0n) is 24.5. The van der Waals surface area contributed by atoms with Crippen molar-refractivity contribution in [2.24, 2.45) is 0 Å². The Hall–Kier alpha value is -4.40. The number of hydrogen-bond donors (Lipinski definition) is 2. The molecule has 8 nitrogen and oxygen atoms in total. The Morgan fingerprint density at radius 3 is 2.16 bits per heavy atom. The molecule has 0 fully saturated rings. The minimum atomic E-state index is -0.0119. The molecule has 0 aliphatic carbocycles. The first-order valence-corrected chi connectivity index (χ1v) is 14.9. The van der Waals surface area contributed by atoms with Gasteiger partial charge >= 0.3 is 0 Å². The molecule has 2 N–H and O–H groups in total. The van der Waals surface area contributed by atoms with E-state index >= 15 is 0 Å². The van der Waals surface area contributed by atoms with Crippen molar-refractivity contribution in [3.8, 4) is 51.7 Å². The molecule has 220 valence electrons. The molecule has 0 radical (unpaired) electrons. The van der Waals surface area contributed by atoms with Gasteiger partial charge in [0.05, 0.1) is 14.2 Å². The summed E-state index contributed by atoms with van der Waals surface area (Å²) in [5.74, 6) is 5.08. The number of phenols is 1. The van der Waals surface area contributed by atoms with E-state index in [1.807, 2.05) is 24.3 Å². The number of nitrogens with zero attached hydrogens (tertiary/aromatic N) is 1. The molecule has 6 aliphatic rings. The van der Waals surface area contributed by atoms with Crippen LogP contribution in [0.1, 0.15) is 45.5 Å². The first-order chi connectivity index (χ1) is 21.0. The van der Waals surface area contributed by atoms with Crippen LogP contribution in [0.3, 0.4) is 0 Å². The number of fused-ring (bicyclic) bond motifs is 1. The van der Waals surface area contributed by atoms with Crippen LogP contribution < -0.4 is 29.0 Å². The fraction of sp³-hybridized carbons (Fsp3) is 0.314. The summed E-state index contributed by atoms with van der Waals surface area (Å²) >= 11 is 0. The number of phenolic OH excluding ortho intramolecular Hbond substituents is 1.